The summed E-state index contributed by atoms with van der Waals surface area (Å²) < 4.78 is 16.9. The Morgan fingerprint density at radius 3 is 2.39 bits per heavy atom. The van der Waals surface area contributed by atoms with Gasteiger partial charge in [0.25, 0.3) is 11.8 Å². The molecule has 7 nitrogen and oxygen atoms in total. The fourth-order valence-corrected chi connectivity index (χ4v) is 5.59. The molecule has 1 aliphatic carbocycles. The highest BCUT2D eigenvalue weighted by atomic mass is 16.5. The lowest BCUT2D eigenvalue weighted by molar-refractivity contribution is -0.149. The zero-order chi connectivity index (χ0) is 28.8. The summed E-state index contributed by atoms with van der Waals surface area (Å²) in [5, 5.41) is 2.97. The Balaban J connectivity index is 1.23. The largest absolute Gasteiger partial charge is 0.493 e. The number of morpholine rings is 1. The monoisotopic (exact) mass is 554 g/mol. The number of amides is 2. The fourth-order valence-electron chi connectivity index (χ4n) is 5.59. The van der Waals surface area contributed by atoms with Crippen LogP contribution in [0.2, 0.25) is 0 Å². The summed E-state index contributed by atoms with van der Waals surface area (Å²) in [4.78, 5) is 28.3. The zero-order valence-electron chi connectivity index (χ0n) is 24.0. The highest BCUT2D eigenvalue weighted by molar-refractivity contribution is 5.97. The third-order valence-electron chi connectivity index (χ3n) is 7.91. The van der Waals surface area contributed by atoms with Crippen LogP contribution in [0.4, 0.5) is 0 Å². The molecule has 0 spiro atoms. The number of fused-ring (bicyclic) bond motifs is 1. The molecule has 5 rings (SSSR count). The molecule has 2 amide bonds. The lowest BCUT2D eigenvalue weighted by Gasteiger charge is -2.44. The van der Waals surface area contributed by atoms with Crippen LogP contribution in [-0.2, 0) is 22.5 Å². The number of aryl methyl sites for hydroxylation is 1. The maximum Gasteiger partial charge on any atom is 0.289 e. The normalized spacial score (nSPS) is 19.3. The van der Waals surface area contributed by atoms with E-state index in [1.54, 1.807) is 32.4 Å². The molecule has 0 radical (unpaired) electrons. The quantitative estimate of drug-likeness (QED) is 0.344. The fraction of sp³-hybridized carbons (Fsp3) is 0.353. The lowest BCUT2D eigenvalue weighted by atomic mass is 9.89. The second kappa shape index (κ2) is 12.9. The van der Waals surface area contributed by atoms with Crippen LogP contribution in [0.1, 0.15) is 58.3 Å². The van der Waals surface area contributed by atoms with Gasteiger partial charge in [-0.15, -0.1) is 0 Å². The van der Waals surface area contributed by atoms with Crippen molar-refractivity contribution in [3.63, 3.8) is 0 Å². The molecule has 2 unspecified atom stereocenters. The van der Waals surface area contributed by atoms with Gasteiger partial charge < -0.3 is 24.4 Å². The Labute approximate surface area is 242 Å². The number of nitrogens with zero attached hydrogens (tertiary/aromatic N) is 1. The molecule has 1 saturated heterocycles. The second-order valence-corrected chi connectivity index (χ2v) is 10.8. The van der Waals surface area contributed by atoms with Gasteiger partial charge in [0.05, 0.1) is 20.3 Å². The van der Waals surface area contributed by atoms with Gasteiger partial charge >= 0.3 is 0 Å². The zero-order valence-corrected chi connectivity index (χ0v) is 24.0. The van der Waals surface area contributed by atoms with Gasteiger partial charge in [0.15, 0.2) is 17.3 Å². The molecular weight excluding hydrogens is 516 g/mol. The molecule has 0 aromatic heterocycles. The van der Waals surface area contributed by atoms with Crippen molar-refractivity contribution < 1.29 is 23.8 Å². The van der Waals surface area contributed by atoms with E-state index >= 15 is 0 Å². The highest BCUT2D eigenvalue weighted by Crippen LogP contribution is 2.34. The first-order valence-corrected chi connectivity index (χ1v) is 14.3. The number of carbonyl (C=O) groups excluding carboxylic acids is 2. The number of hydrogen-bond donors (Lipinski definition) is 1. The molecule has 41 heavy (non-hydrogen) atoms. The van der Waals surface area contributed by atoms with Crippen LogP contribution >= 0.6 is 0 Å². The van der Waals surface area contributed by atoms with E-state index in [0.717, 1.165) is 42.4 Å². The molecule has 7 heteroatoms. The van der Waals surface area contributed by atoms with Crippen molar-refractivity contribution in [1.29, 1.82) is 0 Å². The molecule has 214 valence electrons. The Bertz CT molecular complexity index is 1400. The molecule has 3 aromatic carbocycles. The van der Waals surface area contributed by atoms with Gasteiger partial charge in [-0.1, -0.05) is 54.4 Å². The molecule has 2 atom stereocenters. The highest BCUT2D eigenvalue weighted by Gasteiger charge is 2.41. The number of nitrogens with one attached hydrogen (secondary N) is 1. The van der Waals surface area contributed by atoms with Crippen LogP contribution in [0.15, 0.2) is 72.5 Å². The van der Waals surface area contributed by atoms with Crippen LogP contribution in [0.5, 0.6) is 11.5 Å². The van der Waals surface area contributed by atoms with Gasteiger partial charge in [-0.3, -0.25) is 9.59 Å². The first-order chi connectivity index (χ1) is 19.9. The maximum absolute atomic E-state index is 13.6. The minimum Gasteiger partial charge on any atom is -0.493 e. The predicted octanol–water partition coefficient (Wildman–Crippen LogP) is 5.70. The van der Waals surface area contributed by atoms with Crippen molar-refractivity contribution in [2.24, 2.45) is 0 Å². The Morgan fingerprint density at radius 2 is 1.66 bits per heavy atom. The van der Waals surface area contributed by atoms with Crippen molar-refractivity contribution in [3.8, 4) is 11.5 Å². The molecule has 0 bridgehead atoms. The standard InChI is InChI=1S/C34H38N2O5/c1-23-8-10-26(11-9-23)22-36-28-6-4-5-7-29(28)41-32(34(36)38)21-24-12-15-27(16-13-24)33(37)35-19-18-25-14-17-30(39-2)31(20-25)40-3/h8-17,20-21,28-29H,4-7,18-19,22H2,1-3H3,(H,35,37)/b32-21+. The van der Waals surface area contributed by atoms with E-state index in [-0.39, 0.29) is 24.0 Å². The summed E-state index contributed by atoms with van der Waals surface area (Å²) in [6, 6.07) is 21.5. The Kier molecular flexibility index (Phi) is 8.92. The van der Waals surface area contributed by atoms with Crippen LogP contribution < -0.4 is 14.8 Å². The molecule has 2 aliphatic rings. The number of methoxy groups -OCH3 is 2. The summed E-state index contributed by atoms with van der Waals surface area (Å²) in [5.41, 5.74) is 4.74. The van der Waals surface area contributed by atoms with Gasteiger partial charge in [0.2, 0.25) is 0 Å². The van der Waals surface area contributed by atoms with E-state index in [2.05, 4.69) is 36.5 Å². The van der Waals surface area contributed by atoms with Crippen LogP contribution in [-0.4, -0.2) is 49.6 Å². The van der Waals surface area contributed by atoms with E-state index < -0.39 is 0 Å². The van der Waals surface area contributed by atoms with Gasteiger partial charge in [-0.25, -0.2) is 0 Å². The molecule has 3 aromatic rings. The lowest BCUT2D eigenvalue weighted by Crippen LogP contribution is -2.54. The van der Waals surface area contributed by atoms with E-state index in [4.69, 9.17) is 14.2 Å². The topological polar surface area (TPSA) is 77.1 Å². The average molecular weight is 555 g/mol. The number of carbonyl (C=O) groups is 2. The number of ether oxygens (including phenoxy) is 3. The molecule has 1 heterocycles. The molecule has 1 aliphatic heterocycles. The van der Waals surface area contributed by atoms with Crippen molar-refractivity contribution in [1.82, 2.24) is 10.2 Å². The van der Waals surface area contributed by atoms with Crippen molar-refractivity contribution >= 4 is 17.9 Å². The van der Waals surface area contributed by atoms with Gasteiger partial charge in [0.1, 0.15) is 6.10 Å². The first-order valence-electron chi connectivity index (χ1n) is 14.3. The van der Waals surface area contributed by atoms with Gasteiger partial charge in [0, 0.05) is 18.7 Å². The van der Waals surface area contributed by atoms with Crippen molar-refractivity contribution in [3.05, 3.63) is 100 Å². The molecule has 1 saturated carbocycles. The second-order valence-electron chi connectivity index (χ2n) is 10.8. The summed E-state index contributed by atoms with van der Waals surface area (Å²) in [5.74, 6) is 1.48. The Morgan fingerprint density at radius 1 is 0.951 bits per heavy atom. The third kappa shape index (κ3) is 6.73. The summed E-state index contributed by atoms with van der Waals surface area (Å²) in [6.07, 6.45) is 6.60. The predicted molar refractivity (Wildman–Crippen MR) is 159 cm³/mol. The molecule has 1 N–H and O–H groups in total. The number of rotatable bonds is 9. The van der Waals surface area contributed by atoms with Gasteiger partial charge in [-0.05, 0) is 79.6 Å². The maximum atomic E-state index is 13.6. The van der Waals surface area contributed by atoms with Crippen molar-refractivity contribution in [2.75, 3.05) is 20.8 Å². The average Bonchev–Trinajstić information content (AvgIpc) is 3.00. The molecular formula is C34H38N2O5. The van der Waals surface area contributed by atoms with Crippen molar-refractivity contribution in [2.45, 2.75) is 57.7 Å². The van der Waals surface area contributed by atoms with Crippen LogP contribution in [0.3, 0.4) is 0 Å². The number of hydrogen-bond acceptors (Lipinski definition) is 5. The van der Waals surface area contributed by atoms with E-state index in [9.17, 15) is 9.59 Å². The molecule has 2 fully saturated rings. The van der Waals surface area contributed by atoms with E-state index in [0.29, 0.717) is 42.3 Å². The van der Waals surface area contributed by atoms with Crippen LogP contribution in [0, 0.1) is 6.92 Å². The smallest absolute Gasteiger partial charge is 0.289 e. The third-order valence-corrected chi connectivity index (χ3v) is 7.91. The van der Waals surface area contributed by atoms with Gasteiger partial charge in [-0.2, -0.15) is 0 Å². The Hall–Kier alpha value is -4.26. The minimum absolute atomic E-state index is 0.00821. The first kappa shape index (κ1) is 28.3. The number of benzene rings is 3. The summed E-state index contributed by atoms with van der Waals surface area (Å²) >= 11 is 0. The van der Waals surface area contributed by atoms with Crippen LogP contribution in [0.25, 0.3) is 6.08 Å². The van der Waals surface area contributed by atoms with E-state index in [1.165, 1.54) is 5.56 Å². The summed E-state index contributed by atoms with van der Waals surface area (Å²) in [6.45, 7) is 3.13. The van der Waals surface area contributed by atoms with E-state index in [1.807, 2.05) is 35.2 Å². The minimum atomic E-state index is -0.149. The SMILES string of the molecule is COc1ccc(CCNC(=O)c2ccc(/C=C3/OC4CCCCC4N(Cc4ccc(C)cc4)C3=O)cc2)cc1OC. The summed E-state index contributed by atoms with van der Waals surface area (Å²) in [7, 11) is 3.21.